The number of ether oxygens (including phenoxy) is 5. The molecule has 1 amide bonds. The lowest BCUT2D eigenvalue weighted by Crippen LogP contribution is -2.60. The Morgan fingerprint density at radius 3 is 2.36 bits per heavy atom. The molecule has 4 rings (SSSR count). The van der Waals surface area contributed by atoms with Gasteiger partial charge in [-0.25, -0.2) is 20.0 Å². The third kappa shape index (κ3) is 9.63. The Hall–Kier alpha value is -2.58. The van der Waals surface area contributed by atoms with Crippen molar-refractivity contribution in [1.82, 2.24) is 15.3 Å². The van der Waals surface area contributed by atoms with Crippen LogP contribution >= 0.6 is 11.6 Å². The number of carbonyl (C=O) groups excluding carboxylic acids is 3. The molecule has 0 aromatic heterocycles. The number of carbonyl (C=O) groups is 3. The van der Waals surface area contributed by atoms with E-state index in [1.54, 1.807) is 34.0 Å². The van der Waals surface area contributed by atoms with Gasteiger partial charge in [-0.3, -0.25) is 4.79 Å². The Labute approximate surface area is 320 Å². The minimum absolute atomic E-state index is 0.109. The molecule has 12 nitrogen and oxygen atoms in total. The van der Waals surface area contributed by atoms with E-state index in [4.69, 9.17) is 35.3 Å². The number of benzene rings is 1. The van der Waals surface area contributed by atoms with Crippen LogP contribution in [0.4, 0.5) is 4.79 Å². The molecule has 0 saturated carbocycles. The van der Waals surface area contributed by atoms with Crippen LogP contribution in [-0.2, 0) is 39.7 Å². The molecule has 53 heavy (non-hydrogen) atoms. The maximum Gasteiger partial charge on any atom is 0.425 e. The topological polar surface area (TPSA) is 136 Å². The monoisotopic (exact) mass is 763 g/mol. The molecule has 3 aliphatic heterocycles. The zero-order chi connectivity index (χ0) is 39.4. The average molecular weight is 764 g/mol. The van der Waals surface area contributed by atoms with Crippen LogP contribution in [0.1, 0.15) is 86.6 Å². The molecule has 2 saturated heterocycles. The van der Waals surface area contributed by atoms with Gasteiger partial charge in [-0.1, -0.05) is 57.5 Å². The molecule has 0 unspecified atom stereocenters. The highest BCUT2D eigenvalue weighted by Gasteiger charge is 2.60. The van der Waals surface area contributed by atoms with Gasteiger partial charge in [-0.05, 0) is 91.6 Å². The van der Waals surface area contributed by atoms with Gasteiger partial charge >= 0.3 is 12.1 Å². The lowest BCUT2D eigenvalue weighted by Gasteiger charge is -2.46. The zero-order valence-corrected chi connectivity index (χ0v) is 34.1. The number of methoxy groups -OCH3 is 1. The molecule has 3 heterocycles. The van der Waals surface area contributed by atoms with Crippen LogP contribution in [0.5, 0.6) is 0 Å². The van der Waals surface area contributed by atoms with Crippen molar-refractivity contribution in [3.63, 3.8) is 0 Å². The summed E-state index contributed by atoms with van der Waals surface area (Å²) in [5.41, 5.74) is 2.27. The fraction of sp³-hybridized carbons (Fsp3) is 0.725. The second-order valence-electron chi connectivity index (χ2n) is 16.0. The predicted molar refractivity (Wildman–Crippen MR) is 202 cm³/mol. The van der Waals surface area contributed by atoms with Crippen molar-refractivity contribution in [3.05, 3.63) is 46.5 Å². The number of aliphatic hydroxyl groups excluding tert-OH is 1. The van der Waals surface area contributed by atoms with Gasteiger partial charge in [0.25, 0.3) is 0 Å². The molecule has 0 aliphatic carbocycles. The van der Waals surface area contributed by atoms with Crippen LogP contribution in [0, 0.1) is 17.8 Å². The molecular weight excluding hydrogens is 702 g/mol. The van der Waals surface area contributed by atoms with Gasteiger partial charge in [0.2, 0.25) is 0 Å². The molecule has 2 fully saturated rings. The van der Waals surface area contributed by atoms with Gasteiger partial charge in [0.05, 0.1) is 17.8 Å². The molecule has 12 atom stereocenters. The highest BCUT2D eigenvalue weighted by molar-refractivity contribution is 6.30. The van der Waals surface area contributed by atoms with Crippen LogP contribution in [0.25, 0.3) is 0 Å². The van der Waals surface area contributed by atoms with Crippen molar-refractivity contribution < 1.29 is 43.2 Å². The Kier molecular flexibility index (Phi) is 14.6. The van der Waals surface area contributed by atoms with Gasteiger partial charge in [0.1, 0.15) is 24.0 Å². The summed E-state index contributed by atoms with van der Waals surface area (Å²) in [6, 6.07) is 6.62. The summed E-state index contributed by atoms with van der Waals surface area (Å²) in [5, 5.41) is 13.5. The first-order valence-corrected chi connectivity index (χ1v) is 19.4. The largest absolute Gasteiger partial charge is 0.455 e. The number of nitrogens with one attached hydrogen (secondary N) is 1. The number of aryl methyl sites for hydroxylation is 1. The lowest BCUT2D eigenvalue weighted by molar-refractivity contribution is -0.294. The van der Waals surface area contributed by atoms with Crippen molar-refractivity contribution in [2.24, 2.45) is 17.8 Å². The minimum atomic E-state index is -1.35. The Bertz CT molecular complexity index is 1460. The zero-order valence-electron chi connectivity index (χ0n) is 33.4. The maximum atomic E-state index is 14.6. The molecule has 1 aromatic rings. The highest BCUT2D eigenvalue weighted by atomic mass is 35.5. The molecule has 3 aliphatic rings. The van der Waals surface area contributed by atoms with E-state index >= 15 is 0 Å². The van der Waals surface area contributed by atoms with Crippen LogP contribution in [0.2, 0.25) is 5.02 Å². The van der Waals surface area contributed by atoms with Crippen molar-refractivity contribution >= 4 is 29.4 Å². The van der Waals surface area contributed by atoms with E-state index in [1.165, 1.54) is 5.01 Å². The van der Waals surface area contributed by atoms with Gasteiger partial charge in [-0.15, -0.1) is 0 Å². The third-order valence-corrected chi connectivity index (χ3v) is 11.8. The van der Waals surface area contributed by atoms with E-state index in [0.29, 0.717) is 36.4 Å². The number of halogens is 1. The SMILES string of the molecule is CC[C@H]1OC(=O)/C(C)=C/[C@H](C)[C@@H](O[C@@H]2O[C@H](C)C[C@H](N(C)C)[C@H]2O)[C@@](C)(OC)C[C@@H](C)C(=O)[C@H](C)[C@H]2N(NCCCc3ccc(Cl)cc3)C(=O)O[C@]12C. The average Bonchev–Trinajstić information content (AvgIpc) is 3.37. The number of ketones is 1. The predicted octanol–water partition coefficient (Wildman–Crippen LogP) is 5.72. The maximum absolute atomic E-state index is 14.6. The second kappa shape index (κ2) is 17.9. The molecule has 298 valence electrons. The summed E-state index contributed by atoms with van der Waals surface area (Å²) in [4.78, 5) is 44.0. The van der Waals surface area contributed by atoms with Gasteiger partial charge in [-0.2, -0.15) is 0 Å². The van der Waals surface area contributed by atoms with E-state index in [9.17, 15) is 19.5 Å². The number of rotatable bonds is 10. The molecule has 1 aromatic carbocycles. The van der Waals surface area contributed by atoms with Crippen molar-refractivity contribution in [2.45, 2.75) is 141 Å². The van der Waals surface area contributed by atoms with Crippen LogP contribution < -0.4 is 5.43 Å². The van der Waals surface area contributed by atoms with Gasteiger partial charge < -0.3 is 33.7 Å². The number of hydrogen-bond acceptors (Lipinski definition) is 11. The number of likely N-dealkylation sites (N-methyl/N-ethyl adjacent to an activating group) is 1. The lowest BCUT2D eigenvalue weighted by atomic mass is 9.74. The third-order valence-electron chi connectivity index (χ3n) is 11.5. The Balaban J connectivity index is 1.69. The fourth-order valence-corrected chi connectivity index (χ4v) is 8.71. The number of aliphatic hydroxyl groups is 1. The Morgan fingerprint density at radius 2 is 1.75 bits per heavy atom. The number of esters is 1. The summed E-state index contributed by atoms with van der Waals surface area (Å²) in [6.07, 6.45) is 0.0665. The number of nitrogens with zero attached hydrogens (tertiary/aromatic N) is 2. The summed E-state index contributed by atoms with van der Waals surface area (Å²) in [6.45, 7) is 15.1. The number of fused-ring (bicyclic) bond motifs is 1. The van der Waals surface area contributed by atoms with Crippen LogP contribution in [0.3, 0.4) is 0 Å². The number of cyclic esters (lactones) is 1. The summed E-state index contributed by atoms with van der Waals surface area (Å²) in [7, 11) is 5.39. The first-order valence-electron chi connectivity index (χ1n) is 19.0. The van der Waals surface area contributed by atoms with Crippen LogP contribution in [-0.4, -0.2) is 115 Å². The van der Waals surface area contributed by atoms with Crippen molar-refractivity contribution in [3.8, 4) is 0 Å². The van der Waals surface area contributed by atoms with Gasteiger partial charge in [0.15, 0.2) is 11.9 Å². The van der Waals surface area contributed by atoms with E-state index < -0.39 is 71.7 Å². The fourth-order valence-electron chi connectivity index (χ4n) is 8.58. The first-order chi connectivity index (χ1) is 24.9. The smallest absolute Gasteiger partial charge is 0.425 e. The Morgan fingerprint density at radius 1 is 1.09 bits per heavy atom. The van der Waals surface area contributed by atoms with E-state index in [-0.39, 0.29) is 24.3 Å². The normalized spacial score (nSPS) is 38.5. The standard InChI is InChI=1S/C40H62ClN3O9/c1-12-31-40(8)34(44(38(48)53-40)42-19-13-14-28-15-17-29(41)18-16-28)27(6)32(45)25(4)22-39(7,49-11)35(23(2)20-24(3)36(47)51-31)52-37-33(46)30(43(9)10)21-26(5)50-37/h15-18,20,23,25-27,30-31,33-35,37,42,46H,12-14,19,21-22H2,1-11H3/b24-20+/t23-,25+,26+,27-,30-,31+,33+,34+,35+,37-,39-,40+/m0/s1. The summed E-state index contributed by atoms with van der Waals surface area (Å²) < 4.78 is 31.3. The second-order valence-corrected chi connectivity index (χ2v) is 16.4. The van der Waals surface area contributed by atoms with Crippen LogP contribution in [0.15, 0.2) is 35.9 Å². The highest BCUT2D eigenvalue weighted by Crippen LogP contribution is 2.42. The number of hydrogen-bond donors (Lipinski definition) is 2. The minimum Gasteiger partial charge on any atom is -0.455 e. The molecule has 13 heteroatoms. The van der Waals surface area contributed by atoms with Crippen molar-refractivity contribution in [2.75, 3.05) is 27.7 Å². The molecular formula is C40H62ClN3O9. The van der Waals surface area contributed by atoms with E-state index in [0.717, 1.165) is 12.0 Å². The first kappa shape index (κ1) is 43.2. The van der Waals surface area contributed by atoms with E-state index in [1.807, 2.05) is 77.9 Å². The summed E-state index contributed by atoms with van der Waals surface area (Å²) in [5.74, 6) is -2.42. The molecule has 2 N–H and O–H groups in total. The number of amides is 1. The molecule has 0 bridgehead atoms. The van der Waals surface area contributed by atoms with Crippen molar-refractivity contribution in [1.29, 1.82) is 0 Å². The van der Waals surface area contributed by atoms with E-state index in [2.05, 4.69) is 5.43 Å². The quantitative estimate of drug-likeness (QED) is 0.224. The molecule has 0 radical (unpaired) electrons. The summed E-state index contributed by atoms with van der Waals surface area (Å²) >= 11 is 6.05. The van der Waals surface area contributed by atoms with Gasteiger partial charge in [0, 0.05) is 48.0 Å². The number of Topliss-reactive ketones (excluding diaryl/α,β-unsaturated/α-hetero) is 1. The number of hydrazine groups is 1. The molecule has 0 spiro atoms.